The van der Waals surface area contributed by atoms with Gasteiger partial charge in [-0.3, -0.25) is 14.6 Å². The topological polar surface area (TPSA) is 23.6 Å². The van der Waals surface area contributed by atoms with E-state index in [4.69, 9.17) is 0 Å². The van der Waals surface area contributed by atoms with E-state index < -0.39 is 0 Å². The number of Topliss-reactive ketones (excluding diaryl/α,β-unsaturated/α-hetero) is 1. The minimum atomic E-state index is 0. The summed E-state index contributed by atoms with van der Waals surface area (Å²) in [5.74, 6) is 0.316. The van der Waals surface area contributed by atoms with E-state index >= 15 is 0 Å². The fourth-order valence-corrected chi connectivity index (χ4v) is 4.41. The van der Waals surface area contributed by atoms with Crippen molar-refractivity contribution in [1.82, 2.24) is 9.80 Å². The van der Waals surface area contributed by atoms with Crippen molar-refractivity contribution in [2.75, 3.05) is 32.7 Å². The highest BCUT2D eigenvalue weighted by Crippen LogP contribution is 2.22. The largest absolute Gasteiger partial charge is 0.298 e. The molecule has 1 aliphatic rings. The highest BCUT2D eigenvalue weighted by molar-refractivity contribution is 9.11. The van der Waals surface area contributed by atoms with E-state index in [0.29, 0.717) is 18.7 Å². The zero-order valence-electron chi connectivity index (χ0n) is 13.9. The minimum absolute atomic E-state index is 0. The van der Waals surface area contributed by atoms with Crippen molar-refractivity contribution >= 4 is 57.9 Å². The molecule has 3 nitrogen and oxygen atoms in total. The lowest BCUT2D eigenvalue weighted by atomic mass is 10.2. The number of rotatable bonds is 6. The van der Waals surface area contributed by atoms with Crippen molar-refractivity contribution < 1.29 is 4.79 Å². The van der Waals surface area contributed by atoms with E-state index in [1.807, 2.05) is 12.1 Å². The quantitative estimate of drug-likeness (QED) is 0.635. The lowest BCUT2D eigenvalue weighted by Crippen LogP contribution is -2.47. The van der Waals surface area contributed by atoms with Crippen LogP contribution < -0.4 is 0 Å². The Morgan fingerprint density at radius 1 is 0.960 bits per heavy atom. The maximum absolute atomic E-state index is 12.2. The van der Waals surface area contributed by atoms with Gasteiger partial charge in [0.25, 0.3) is 0 Å². The molecule has 2 heterocycles. The number of carbonyl (C=O) groups is 1. The summed E-state index contributed by atoms with van der Waals surface area (Å²) in [7, 11) is 0. The van der Waals surface area contributed by atoms with Crippen molar-refractivity contribution in [2.45, 2.75) is 13.0 Å². The Balaban J connectivity index is 0.00000156. The standard InChI is InChI=1S/C18H21BrN2OS.2ClH/c19-18-7-6-17(23-18)12-16(22)14-21-10-8-20(9-11-21)13-15-4-2-1-3-5-15;;/h1-7H,8-14H2;2*1H. The second-order valence-corrected chi connectivity index (χ2v) is 8.51. The van der Waals surface area contributed by atoms with Gasteiger partial charge in [0.1, 0.15) is 0 Å². The Bertz CT molecular complexity index is 646. The van der Waals surface area contributed by atoms with E-state index in [9.17, 15) is 4.79 Å². The van der Waals surface area contributed by atoms with Crippen LogP contribution in [-0.4, -0.2) is 48.3 Å². The third-order valence-corrected chi connectivity index (χ3v) is 5.74. The number of piperazine rings is 1. The second-order valence-electron chi connectivity index (χ2n) is 5.96. The molecule has 0 spiro atoms. The van der Waals surface area contributed by atoms with Crippen molar-refractivity contribution in [3.05, 3.63) is 56.7 Å². The molecule has 0 saturated carbocycles. The highest BCUT2D eigenvalue weighted by Gasteiger charge is 2.19. The van der Waals surface area contributed by atoms with E-state index in [-0.39, 0.29) is 24.8 Å². The lowest BCUT2D eigenvalue weighted by molar-refractivity contribution is -0.119. The molecule has 0 radical (unpaired) electrons. The highest BCUT2D eigenvalue weighted by atomic mass is 79.9. The number of carbonyl (C=O) groups excluding carboxylic acids is 1. The number of nitrogens with zero attached hydrogens (tertiary/aromatic N) is 2. The van der Waals surface area contributed by atoms with Gasteiger partial charge in [-0.15, -0.1) is 36.2 Å². The first-order valence-electron chi connectivity index (χ1n) is 7.93. The van der Waals surface area contributed by atoms with Gasteiger partial charge in [0.05, 0.1) is 10.3 Å². The van der Waals surface area contributed by atoms with Gasteiger partial charge in [-0.25, -0.2) is 0 Å². The average Bonchev–Trinajstić information content (AvgIpc) is 2.95. The molecule has 0 N–H and O–H groups in total. The Labute approximate surface area is 174 Å². The zero-order chi connectivity index (χ0) is 16.1. The summed E-state index contributed by atoms with van der Waals surface area (Å²) in [6, 6.07) is 14.6. The SMILES string of the molecule is Cl.Cl.O=C(Cc1ccc(Br)s1)CN1CCN(Cc2ccccc2)CC1. The molecule has 0 bridgehead atoms. The van der Waals surface area contributed by atoms with Gasteiger partial charge in [0.2, 0.25) is 0 Å². The molecule has 0 atom stereocenters. The molecule has 1 aliphatic heterocycles. The molecule has 0 amide bonds. The number of halogens is 3. The summed E-state index contributed by atoms with van der Waals surface area (Å²) < 4.78 is 1.09. The molecule has 1 aromatic heterocycles. The molecule has 1 aromatic carbocycles. The summed E-state index contributed by atoms with van der Waals surface area (Å²) in [5, 5.41) is 0. The molecule has 1 saturated heterocycles. The van der Waals surface area contributed by atoms with Crippen LogP contribution in [0.5, 0.6) is 0 Å². The summed E-state index contributed by atoms with van der Waals surface area (Å²) in [6.45, 7) is 5.61. The molecule has 7 heteroatoms. The van der Waals surface area contributed by atoms with Crippen molar-refractivity contribution in [1.29, 1.82) is 0 Å². The van der Waals surface area contributed by atoms with Gasteiger partial charge in [0, 0.05) is 44.0 Å². The smallest absolute Gasteiger partial charge is 0.152 e. The Kier molecular flexibility index (Phi) is 10.2. The summed E-state index contributed by atoms with van der Waals surface area (Å²) >= 11 is 5.09. The predicted octanol–water partition coefficient (Wildman–Crippen LogP) is 4.28. The number of thiophene rings is 1. The van der Waals surface area contributed by atoms with Crippen LogP contribution in [-0.2, 0) is 17.8 Å². The first-order valence-corrected chi connectivity index (χ1v) is 9.54. The summed E-state index contributed by atoms with van der Waals surface area (Å²) in [5.41, 5.74) is 1.36. The molecular formula is C18H23BrCl2N2OS. The molecule has 0 unspecified atom stereocenters. The van der Waals surface area contributed by atoms with Crippen molar-refractivity contribution in [3.8, 4) is 0 Å². The normalized spacial score (nSPS) is 15.2. The number of hydrogen-bond acceptors (Lipinski definition) is 4. The monoisotopic (exact) mass is 464 g/mol. The predicted molar refractivity (Wildman–Crippen MR) is 113 cm³/mol. The molecule has 1 fully saturated rings. The van der Waals surface area contributed by atoms with Gasteiger partial charge in [0.15, 0.2) is 5.78 Å². The Hall–Kier alpha value is -0.430. The van der Waals surface area contributed by atoms with E-state index in [0.717, 1.165) is 41.4 Å². The fourth-order valence-electron chi connectivity index (χ4n) is 2.89. The van der Waals surface area contributed by atoms with Gasteiger partial charge in [-0.1, -0.05) is 30.3 Å². The maximum atomic E-state index is 12.2. The third-order valence-electron chi connectivity index (χ3n) is 4.11. The van der Waals surface area contributed by atoms with Crippen LogP contribution in [0.2, 0.25) is 0 Å². The van der Waals surface area contributed by atoms with Crippen LogP contribution >= 0.6 is 52.1 Å². The van der Waals surface area contributed by atoms with Crippen molar-refractivity contribution in [2.24, 2.45) is 0 Å². The van der Waals surface area contributed by atoms with E-state index in [1.54, 1.807) is 11.3 Å². The van der Waals surface area contributed by atoms with Gasteiger partial charge >= 0.3 is 0 Å². The molecular weight excluding hydrogens is 443 g/mol. The molecule has 3 rings (SSSR count). The maximum Gasteiger partial charge on any atom is 0.152 e. The Morgan fingerprint density at radius 2 is 1.60 bits per heavy atom. The zero-order valence-corrected chi connectivity index (χ0v) is 17.9. The third kappa shape index (κ3) is 7.37. The first kappa shape index (κ1) is 22.6. The van der Waals surface area contributed by atoms with E-state index in [2.05, 4.69) is 56.1 Å². The average molecular weight is 466 g/mol. The van der Waals surface area contributed by atoms with Crippen LogP contribution in [0.25, 0.3) is 0 Å². The summed E-state index contributed by atoms with van der Waals surface area (Å²) in [4.78, 5) is 18.1. The summed E-state index contributed by atoms with van der Waals surface area (Å²) in [6.07, 6.45) is 0.556. The number of ketones is 1. The van der Waals surface area contributed by atoms with Crippen molar-refractivity contribution in [3.63, 3.8) is 0 Å². The van der Waals surface area contributed by atoms with Gasteiger partial charge < -0.3 is 0 Å². The van der Waals surface area contributed by atoms with Crippen LogP contribution in [0.1, 0.15) is 10.4 Å². The van der Waals surface area contributed by atoms with Gasteiger partial charge in [-0.05, 0) is 33.6 Å². The van der Waals surface area contributed by atoms with Crippen LogP contribution in [0.4, 0.5) is 0 Å². The minimum Gasteiger partial charge on any atom is -0.298 e. The van der Waals surface area contributed by atoms with E-state index in [1.165, 1.54) is 5.56 Å². The number of benzene rings is 1. The molecule has 0 aliphatic carbocycles. The Morgan fingerprint density at radius 3 is 2.20 bits per heavy atom. The molecule has 138 valence electrons. The van der Waals surface area contributed by atoms with Crippen LogP contribution in [0.3, 0.4) is 0 Å². The first-order chi connectivity index (χ1) is 11.2. The van der Waals surface area contributed by atoms with Crippen LogP contribution in [0, 0.1) is 0 Å². The molecule has 2 aromatic rings. The second kappa shape index (κ2) is 11.3. The fraction of sp³-hybridized carbons (Fsp3) is 0.389. The molecule has 25 heavy (non-hydrogen) atoms. The lowest BCUT2D eigenvalue weighted by Gasteiger charge is -2.34. The van der Waals surface area contributed by atoms with Crippen LogP contribution in [0.15, 0.2) is 46.3 Å². The number of hydrogen-bond donors (Lipinski definition) is 0. The van der Waals surface area contributed by atoms with Gasteiger partial charge in [-0.2, -0.15) is 0 Å².